The Morgan fingerprint density at radius 1 is 1.17 bits per heavy atom. The van der Waals surface area contributed by atoms with Gasteiger partial charge in [-0.15, -0.1) is 0 Å². The van der Waals surface area contributed by atoms with Gasteiger partial charge in [0.1, 0.15) is 18.0 Å². The molecule has 1 unspecified atom stereocenters. The minimum absolute atomic E-state index is 0.196. The highest BCUT2D eigenvalue weighted by Crippen LogP contribution is 2.24. The molecule has 0 bridgehead atoms. The van der Waals surface area contributed by atoms with Gasteiger partial charge in [0, 0.05) is 38.8 Å². The van der Waals surface area contributed by atoms with Gasteiger partial charge in [0.05, 0.1) is 6.54 Å². The highest BCUT2D eigenvalue weighted by atomic mass is 16.2. The maximum Gasteiger partial charge on any atom is 0.242 e. The van der Waals surface area contributed by atoms with Crippen LogP contribution in [0.2, 0.25) is 0 Å². The SMILES string of the molecule is CC(C)CN1CCN(c2cc(N3CCCC(C)C3)ncn2)CC1=O. The summed E-state index contributed by atoms with van der Waals surface area (Å²) >= 11 is 0. The molecule has 6 heteroatoms. The Hall–Kier alpha value is -1.85. The second-order valence-electron chi connectivity index (χ2n) is 7.58. The standard InChI is InChI=1S/C18H29N5O/c1-14(2)10-23-8-7-22(12-18(23)24)17-9-16(19-13-20-17)21-6-4-5-15(3)11-21/h9,13-15H,4-8,10-12H2,1-3H3. The van der Waals surface area contributed by atoms with Gasteiger partial charge in [0.15, 0.2) is 0 Å². The first-order chi connectivity index (χ1) is 11.5. The largest absolute Gasteiger partial charge is 0.356 e. The van der Waals surface area contributed by atoms with Crippen LogP contribution in [0, 0.1) is 11.8 Å². The minimum Gasteiger partial charge on any atom is -0.356 e. The number of carbonyl (C=O) groups excluding carboxylic acids is 1. The molecule has 3 rings (SSSR count). The second-order valence-corrected chi connectivity index (χ2v) is 7.58. The van der Waals surface area contributed by atoms with Gasteiger partial charge in [0.2, 0.25) is 5.91 Å². The lowest BCUT2D eigenvalue weighted by molar-refractivity contribution is -0.131. The molecule has 3 heterocycles. The zero-order chi connectivity index (χ0) is 17.1. The molecule has 0 saturated carbocycles. The first-order valence-corrected chi connectivity index (χ1v) is 9.12. The maximum absolute atomic E-state index is 12.4. The van der Waals surface area contributed by atoms with Gasteiger partial charge in [-0.25, -0.2) is 9.97 Å². The van der Waals surface area contributed by atoms with Crippen molar-refractivity contribution in [2.45, 2.75) is 33.6 Å². The summed E-state index contributed by atoms with van der Waals surface area (Å²) in [4.78, 5) is 27.6. The van der Waals surface area contributed by atoms with Crippen molar-refractivity contribution in [3.63, 3.8) is 0 Å². The summed E-state index contributed by atoms with van der Waals surface area (Å²) in [6.07, 6.45) is 4.14. The number of amides is 1. The molecule has 1 aromatic heterocycles. The highest BCUT2D eigenvalue weighted by Gasteiger charge is 2.26. The molecule has 1 aromatic rings. The van der Waals surface area contributed by atoms with Crippen molar-refractivity contribution in [2.24, 2.45) is 11.8 Å². The van der Waals surface area contributed by atoms with Crippen LogP contribution in [-0.2, 0) is 4.79 Å². The van der Waals surface area contributed by atoms with Crippen LogP contribution >= 0.6 is 0 Å². The van der Waals surface area contributed by atoms with Crippen LogP contribution in [0.5, 0.6) is 0 Å². The van der Waals surface area contributed by atoms with Gasteiger partial charge in [0.25, 0.3) is 0 Å². The van der Waals surface area contributed by atoms with E-state index in [1.54, 1.807) is 6.33 Å². The number of carbonyl (C=O) groups is 1. The van der Waals surface area contributed by atoms with Crippen molar-refractivity contribution in [1.82, 2.24) is 14.9 Å². The summed E-state index contributed by atoms with van der Waals surface area (Å²) in [7, 11) is 0. The predicted octanol–water partition coefficient (Wildman–Crippen LogP) is 2.02. The molecule has 0 aromatic carbocycles. The molecular formula is C18H29N5O. The van der Waals surface area contributed by atoms with E-state index in [1.165, 1.54) is 12.8 Å². The van der Waals surface area contributed by atoms with Gasteiger partial charge in [-0.2, -0.15) is 0 Å². The van der Waals surface area contributed by atoms with Crippen LogP contribution in [0.1, 0.15) is 33.6 Å². The lowest BCUT2D eigenvalue weighted by atomic mass is 10.0. The third-order valence-electron chi connectivity index (χ3n) is 4.85. The zero-order valence-corrected chi connectivity index (χ0v) is 15.1. The van der Waals surface area contributed by atoms with Crippen LogP contribution in [0.4, 0.5) is 11.6 Å². The van der Waals surface area contributed by atoms with Gasteiger partial charge >= 0.3 is 0 Å². The van der Waals surface area contributed by atoms with E-state index in [0.717, 1.165) is 44.4 Å². The average molecular weight is 331 g/mol. The zero-order valence-electron chi connectivity index (χ0n) is 15.1. The quantitative estimate of drug-likeness (QED) is 0.845. The van der Waals surface area contributed by atoms with E-state index >= 15 is 0 Å². The van der Waals surface area contributed by atoms with E-state index in [-0.39, 0.29) is 5.91 Å². The van der Waals surface area contributed by atoms with E-state index in [1.807, 2.05) is 11.0 Å². The molecule has 2 fully saturated rings. The summed E-state index contributed by atoms with van der Waals surface area (Å²) in [5.74, 6) is 3.27. The number of anilines is 2. The van der Waals surface area contributed by atoms with Gasteiger partial charge in [-0.3, -0.25) is 4.79 Å². The first kappa shape index (κ1) is 17.0. The molecule has 2 aliphatic heterocycles. The van der Waals surface area contributed by atoms with E-state index in [4.69, 9.17) is 0 Å². The Bertz CT molecular complexity index is 576. The summed E-state index contributed by atoms with van der Waals surface area (Å²) in [5, 5.41) is 0. The van der Waals surface area contributed by atoms with E-state index in [0.29, 0.717) is 18.4 Å². The van der Waals surface area contributed by atoms with E-state index < -0.39 is 0 Å². The molecular weight excluding hydrogens is 302 g/mol. The molecule has 6 nitrogen and oxygen atoms in total. The number of nitrogens with zero attached hydrogens (tertiary/aromatic N) is 5. The fraction of sp³-hybridized carbons (Fsp3) is 0.722. The predicted molar refractivity (Wildman–Crippen MR) is 96.3 cm³/mol. The molecule has 1 atom stereocenters. The molecule has 0 aliphatic carbocycles. The Kier molecular flexibility index (Phi) is 5.21. The van der Waals surface area contributed by atoms with Crippen LogP contribution < -0.4 is 9.80 Å². The smallest absolute Gasteiger partial charge is 0.242 e. The fourth-order valence-electron chi connectivity index (χ4n) is 3.62. The Morgan fingerprint density at radius 2 is 1.92 bits per heavy atom. The number of hydrogen-bond donors (Lipinski definition) is 0. The van der Waals surface area contributed by atoms with Crippen molar-refractivity contribution < 1.29 is 4.79 Å². The Labute approximate surface area is 144 Å². The van der Waals surface area contributed by atoms with Crippen LogP contribution in [-0.4, -0.2) is 60.0 Å². The van der Waals surface area contributed by atoms with Crippen LogP contribution in [0.25, 0.3) is 0 Å². The van der Waals surface area contributed by atoms with Crippen molar-refractivity contribution in [3.05, 3.63) is 12.4 Å². The maximum atomic E-state index is 12.4. The summed E-state index contributed by atoms with van der Waals surface area (Å²) in [6.45, 7) is 11.6. The van der Waals surface area contributed by atoms with Crippen molar-refractivity contribution in [3.8, 4) is 0 Å². The number of aromatic nitrogens is 2. The van der Waals surface area contributed by atoms with Crippen molar-refractivity contribution in [2.75, 3.05) is 49.1 Å². The van der Waals surface area contributed by atoms with Gasteiger partial charge in [-0.05, 0) is 24.7 Å². The third kappa shape index (κ3) is 3.97. The van der Waals surface area contributed by atoms with Crippen LogP contribution in [0.15, 0.2) is 12.4 Å². The molecule has 24 heavy (non-hydrogen) atoms. The van der Waals surface area contributed by atoms with Gasteiger partial charge < -0.3 is 14.7 Å². The molecule has 2 aliphatic rings. The molecule has 2 saturated heterocycles. The number of piperazine rings is 1. The molecule has 0 N–H and O–H groups in total. The Morgan fingerprint density at radius 3 is 2.58 bits per heavy atom. The lowest BCUT2D eigenvalue weighted by Crippen LogP contribution is -2.51. The monoisotopic (exact) mass is 331 g/mol. The highest BCUT2D eigenvalue weighted by molar-refractivity contribution is 5.82. The second kappa shape index (κ2) is 7.36. The number of rotatable bonds is 4. The number of hydrogen-bond acceptors (Lipinski definition) is 5. The molecule has 1 amide bonds. The summed E-state index contributed by atoms with van der Waals surface area (Å²) < 4.78 is 0. The first-order valence-electron chi connectivity index (χ1n) is 9.12. The molecule has 132 valence electrons. The van der Waals surface area contributed by atoms with Gasteiger partial charge in [-0.1, -0.05) is 20.8 Å². The summed E-state index contributed by atoms with van der Waals surface area (Å²) in [6, 6.07) is 2.05. The fourth-order valence-corrected chi connectivity index (χ4v) is 3.62. The molecule has 0 spiro atoms. The topological polar surface area (TPSA) is 52.6 Å². The van der Waals surface area contributed by atoms with Crippen LogP contribution in [0.3, 0.4) is 0 Å². The van der Waals surface area contributed by atoms with Crippen molar-refractivity contribution in [1.29, 1.82) is 0 Å². The lowest BCUT2D eigenvalue weighted by Gasteiger charge is -2.36. The normalized spacial score (nSPS) is 22.4. The molecule has 0 radical (unpaired) electrons. The van der Waals surface area contributed by atoms with Crippen molar-refractivity contribution >= 4 is 17.5 Å². The number of piperidine rings is 1. The van der Waals surface area contributed by atoms with E-state index in [9.17, 15) is 4.79 Å². The average Bonchev–Trinajstić information content (AvgIpc) is 2.56. The summed E-state index contributed by atoms with van der Waals surface area (Å²) in [5.41, 5.74) is 0. The Balaban J connectivity index is 1.67. The van der Waals surface area contributed by atoms with E-state index in [2.05, 4.69) is 40.5 Å². The third-order valence-corrected chi connectivity index (χ3v) is 4.85. The minimum atomic E-state index is 0.196.